The Hall–Kier alpha value is -1.50. The largest absolute Gasteiger partial charge is 0.353 e. The smallest absolute Gasteiger partial charge is 0.241 e. The molecular formula is C11H20N6O. The van der Waals surface area contributed by atoms with Gasteiger partial charge in [0.2, 0.25) is 5.91 Å². The third kappa shape index (κ3) is 4.06. The average molecular weight is 252 g/mol. The van der Waals surface area contributed by atoms with Gasteiger partial charge >= 0.3 is 0 Å². The monoisotopic (exact) mass is 252 g/mol. The van der Waals surface area contributed by atoms with Gasteiger partial charge in [0.05, 0.1) is 0 Å². The lowest BCUT2D eigenvalue weighted by Gasteiger charge is -2.30. The number of aromatic nitrogens is 4. The fourth-order valence-electron chi connectivity index (χ4n) is 2.30. The van der Waals surface area contributed by atoms with Crippen LogP contribution in [0.2, 0.25) is 0 Å². The van der Waals surface area contributed by atoms with E-state index in [0.717, 1.165) is 25.6 Å². The number of likely N-dealkylation sites (tertiary alicyclic amines) is 1. The molecule has 1 unspecified atom stereocenters. The van der Waals surface area contributed by atoms with Gasteiger partial charge < -0.3 is 10.2 Å². The maximum absolute atomic E-state index is 11.6. The number of nitrogens with one attached hydrogen (secondary N) is 1. The summed E-state index contributed by atoms with van der Waals surface area (Å²) in [5.74, 6) is 0.725. The van der Waals surface area contributed by atoms with Gasteiger partial charge in [-0.05, 0) is 35.7 Å². The van der Waals surface area contributed by atoms with E-state index in [1.807, 2.05) is 0 Å². The number of carbonyl (C=O) groups is 1. The highest BCUT2D eigenvalue weighted by Gasteiger charge is 2.15. The van der Waals surface area contributed by atoms with E-state index in [0.29, 0.717) is 6.54 Å². The molecule has 2 heterocycles. The number of tetrazole rings is 1. The Labute approximate surface area is 107 Å². The topological polar surface area (TPSA) is 75.9 Å². The third-order valence-electron chi connectivity index (χ3n) is 3.19. The maximum atomic E-state index is 11.6. The first-order chi connectivity index (χ1) is 8.74. The number of amides is 1. The Morgan fingerprint density at radius 2 is 2.44 bits per heavy atom. The Kier molecular flexibility index (Phi) is 4.63. The van der Waals surface area contributed by atoms with Crippen LogP contribution in [0.5, 0.6) is 0 Å². The molecule has 0 saturated carbocycles. The van der Waals surface area contributed by atoms with Crippen LogP contribution in [-0.2, 0) is 11.3 Å². The fraction of sp³-hybridized carbons (Fsp3) is 0.818. The highest BCUT2D eigenvalue weighted by Crippen LogP contribution is 2.14. The second-order valence-corrected chi connectivity index (χ2v) is 4.91. The van der Waals surface area contributed by atoms with Crippen molar-refractivity contribution in [3.05, 3.63) is 6.33 Å². The number of rotatable bonds is 5. The van der Waals surface area contributed by atoms with Crippen LogP contribution in [0.15, 0.2) is 6.33 Å². The molecule has 0 spiro atoms. The molecule has 1 aliphatic heterocycles. The van der Waals surface area contributed by atoms with Gasteiger partial charge in [-0.25, -0.2) is 4.68 Å². The molecule has 1 aliphatic rings. The zero-order chi connectivity index (χ0) is 12.8. The molecule has 0 aliphatic carbocycles. The quantitative estimate of drug-likeness (QED) is 0.766. The summed E-state index contributed by atoms with van der Waals surface area (Å²) in [5, 5.41) is 13.5. The van der Waals surface area contributed by atoms with Crippen LogP contribution < -0.4 is 5.32 Å². The fourth-order valence-corrected chi connectivity index (χ4v) is 2.30. The van der Waals surface area contributed by atoms with E-state index in [-0.39, 0.29) is 12.5 Å². The van der Waals surface area contributed by atoms with Crippen LogP contribution >= 0.6 is 0 Å². The van der Waals surface area contributed by atoms with Gasteiger partial charge in [-0.15, -0.1) is 5.10 Å². The number of hydrogen-bond donors (Lipinski definition) is 1. The molecule has 18 heavy (non-hydrogen) atoms. The van der Waals surface area contributed by atoms with Crippen molar-refractivity contribution in [1.29, 1.82) is 0 Å². The van der Waals surface area contributed by atoms with Crippen LogP contribution in [0.3, 0.4) is 0 Å². The van der Waals surface area contributed by atoms with Crippen molar-refractivity contribution in [1.82, 2.24) is 30.4 Å². The van der Waals surface area contributed by atoms with Gasteiger partial charge in [0.1, 0.15) is 12.9 Å². The molecule has 100 valence electrons. The number of nitrogens with zero attached hydrogens (tertiary/aromatic N) is 5. The Morgan fingerprint density at radius 1 is 1.56 bits per heavy atom. The minimum Gasteiger partial charge on any atom is -0.353 e. The van der Waals surface area contributed by atoms with E-state index >= 15 is 0 Å². The van der Waals surface area contributed by atoms with Crippen molar-refractivity contribution in [3.63, 3.8) is 0 Å². The van der Waals surface area contributed by atoms with Gasteiger partial charge in [-0.1, -0.05) is 6.92 Å². The van der Waals surface area contributed by atoms with Gasteiger partial charge in [0.15, 0.2) is 0 Å². The van der Waals surface area contributed by atoms with E-state index in [9.17, 15) is 4.79 Å². The second-order valence-electron chi connectivity index (χ2n) is 4.91. The summed E-state index contributed by atoms with van der Waals surface area (Å²) in [7, 11) is 0. The van der Waals surface area contributed by atoms with Crippen LogP contribution in [0.25, 0.3) is 0 Å². The molecule has 7 heteroatoms. The molecule has 1 amide bonds. The van der Waals surface area contributed by atoms with Crippen LogP contribution in [0.4, 0.5) is 0 Å². The predicted molar refractivity (Wildman–Crippen MR) is 65.7 cm³/mol. The summed E-state index contributed by atoms with van der Waals surface area (Å²) in [6.45, 7) is 6.36. The van der Waals surface area contributed by atoms with Gasteiger partial charge in [-0.2, -0.15) is 0 Å². The molecule has 1 saturated heterocycles. The molecule has 1 aromatic rings. The number of hydrogen-bond acceptors (Lipinski definition) is 5. The molecule has 1 fully saturated rings. The van der Waals surface area contributed by atoms with Gasteiger partial charge in [0, 0.05) is 19.6 Å². The van der Waals surface area contributed by atoms with Crippen LogP contribution in [0.1, 0.15) is 19.8 Å². The van der Waals surface area contributed by atoms with E-state index in [4.69, 9.17) is 0 Å². The van der Waals surface area contributed by atoms with E-state index in [2.05, 4.69) is 32.7 Å². The molecule has 1 aromatic heterocycles. The molecule has 2 rings (SSSR count). The average Bonchev–Trinajstić information content (AvgIpc) is 2.82. The van der Waals surface area contributed by atoms with Crippen molar-refractivity contribution in [3.8, 4) is 0 Å². The first-order valence-electron chi connectivity index (χ1n) is 6.44. The van der Waals surface area contributed by atoms with Crippen molar-refractivity contribution < 1.29 is 4.79 Å². The molecule has 0 radical (unpaired) electrons. The Morgan fingerprint density at radius 3 is 3.17 bits per heavy atom. The number of carbonyl (C=O) groups excluding carboxylic acids is 1. The maximum Gasteiger partial charge on any atom is 0.241 e. The normalized spacial score (nSPS) is 20.8. The zero-order valence-electron chi connectivity index (χ0n) is 10.7. The third-order valence-corrected chi connectivity index (χ3v) is 3.19. The minimum absolute atomic E-state index is 0.0487. The van der Waals surface area contributed by atoms with Crippen molar-refractivity contribution in [2.24, 2.45) is 5.92 Å². The van der Waals surface area contributed by atoms with Crippen molar-refractivity contribution in [2.75, 3.05) is 26.2 Å². The lowest BCUT2D eigenvalue weighted by atomic mass is 10.0. The second kappa shape index (κ2) is 6.44. The first-order valence-corrected chi connectivity index (χ1v) is 6.44. The zero-order valence-corrected chi connectivity index (χ0v) is 10.7. The van der Waals surface area contributed by atoms with Crippen molar-refractivity contribution in [2.45, 2.75) is 26.3 Å². The molecule has 0 bridgehead atoms. The Bertz CT molecular complexity index is 366. The van der Waals surface area contributed by atoms with Crippen molar-refractivity contribution >= 4 is 5.91 Å². The highest BCUT2D eigenvalue weighted by atomic mass is 16.2. The lowest BCUT2D eigenvalue weighted by Crippen LogP contribution is -2.40. The van der Waals surface area contributed by atoms with Crippen LogP contribution in [0, 0.1) is 5.92 Å². The summed E-state index contributed by atoms with van der Waals surface area (Å²) in [4.78, 5) is 14.0. The lowest BCUT2D eigenvalue weighted by molar-refractivity contribution is -0.121. The van der Waals surface area contributed by atoms with Gasteiger partial charge in [0.25, 0.3) is 0 Å². The summed E-state index contributed by atoms with van der Waals surface area (Å²) >= 11 is 0. The van der Waals surface area contributed by atoms with Crippen LogP contribution in [-0.4, -0.2) is 57.2 Å². The first kappa shape index (κ1) is 12.9. The Balaban J connectivity index is 1.61. The van der Waals surface area contributed by atoms with E-state index < -0.39 is 0 Å². The number of piperidine rings is 1. The van der Waals surface area contributed by atoms with E-state index in [1.54, 1.807) is 0 Å². The summed E-state index contributed by atoms with van der Waals surface area (Å²) in [5.41, 5.74) is 0. The molecule has 0 aromatic carbocycles. The van der Waals surface area contributed by atoms with E-state index in [1.165, 1.54) is 23.9 Å². The van der Waals surface area contributed by atoms with Gasteiger partial charge in [-0.3, -0.25) is 4.79 Å². The SMILES string of the molecule is CC1CCCN(CCNC(=O)Cn2cnnn2)C1. The molecule has 7 nitrogen and oxygen atoms in total. The predicted octanol–water partition coefficient (Wildman–Crippen LogP) is -0.479. The highest BCUT2D eigenvalue weighted by molar-refractivity contribution is 5.75. The minimum atomic E-state index is -0.0487. The molecule has 1 N–H and O–H groups in total. The summed E-state index contributed by atoms with van der Waals surface area (Å²) < 4.78 is 1.41. The molecule has 1 atom stereocenters. The molecular weight excluding hydrogens is 232 g/mol. The summed E-state index contributed by atoms with van der Waals surface area (Å²) in [6.07, 6.45) is 4.02. The summed E-state index contributed by atoms with van der Waals surface area (Å²) in [6, 6.07) is 0. The standard InChI is InChI=1S/C11H20N6O/c1-10-3-2-5-16(7-10)6-4-12-11(18)8-17-9-13-14-15-17/h9-10H,2-8H2,1H3,(H,12,18).